The summed E-state index contributed by atoms with van der Waals surface area (Å²) in [5.74, 6) is -2.15. The fraction of sp³-hybridized carbons (Fsp3) is 0.211. The monoisotopic (exact) mass is 419 g/mol. The third-order valence-corrected chi connectivity index (χ3v) is 5.22. The topological polar surface area (TPSA) is 131 Å². The van der Waals surface area contributed by atoms with E-state index in [2.05, 4.69) is 15.6 Å². The van der Waals surface area contributed by atoms with E-state index in [9.17, 15) is 22.8 Å². The maximum Gasteiger partial charge on any atom is 0.338 e. The highest BCUT2D eigenvalue weighted by atomic mass is 32.2. The number of aryl methyl sites for hydroxylation is 1. The van der Waals surface area contributed by atoms with Crippen LogP contribution in [0, 0.1) is 6.92 Å². The molecule has 2 amide bonds. The number of ether oxygens (including phenoxy) is 1. The lowest BCUT2D eigenvalue weighted by atomic mass is 10.1. The minimum atomic E-state index is -3.73. The highest BCUT2D eigenvalue weighted by molar-refractivity contribution is 7.89. The SMILES string of the molecule is CCNS(=O)(=O)c1cccc(C(=O)OCC(=O)NNC(=O)c2ccc(C)cc2)c1. The zero-order valence-electron chi connectivity index (χ0n) is 15.9. The molecule has 0 aromatic heterocycles. The maximum atomic E-state index is 12.1. The molecule has 9 nitrogen and oxygen atoms in total. The summed E-state index contributed by atoms with van der Waals surface area (Å²) in [6.07, 6.45) is 0. The number of nitrogens with one attached hydrogen (secondary N) is 3. The Morgan fingerprint density at radius 3 is 2.31 bits per heavy atom. The Bertz CT molecular complexity index is 1000. The van der Waals surface area contributed by atoms with Crippen LogP contribution in [-0.2, 0) is 19.6 Å². The van der Waals surface area contributed by atoms with Crippen molar-refractivity contribution in [3.8, 4) is 0 Å². The maximum absolute atomic E-state index is 12.1. The lowest BCUT2D eigenvalue weighted by Gasteiger charge is -2.09. The van der Waals surface area contributed by atoms with Gasteiger partial charge < -0.3 is 4.74 Å². The first-order valence-electron chi connectivity index (χ1n) is 8.65. The first-order valence-corrected chi connectivity index (χ1v) is 10.1. The van der Waals surface area contributed by atoms with Crippen LogP contribution in [0.25, 0.3) is 0 Å². The molecule has 10 heteroatoms. The van der Waals surface area contributed by atoms with E-state index in [1.165, 1.54) is 18.2 Å². The van der Waals surface area contributed by atoms with Gasteiger partial charge in [-0.25, -0.2) is 17.9 Å². The molecule has 0 saturated carbocycles. The number of benzene rings is 2. The number of hydrogen-bond donors (Lipinski definition) is 3. The highest BCUT2D eigenvalue weighted by Gasteiger charge is 2.17. The van der Waals surface area contributed by atoms with E-state index >= 15 is 0 Å². The molecule has 0 saturated heterocycles. The fourth-order valence-corrected chi connectivity index (χ4v) is 3.30. The molecule has 0 radical (unpaired) electrons. The van der Waals surface area contributed by atoms with E-state index in [1.807, 2.05) is 6.92 Å². The number of carbonyl (C=O) groups is 3. The van der Waals surface area contributed by atoms with Crippen LogP contribution in [0.3, 0.4) is 0 Å². The first-order chi connectivity index (χ1) is 13.7. The smallest absolute Gasteiger partial charge is 0.338 e. The molecular formula is C19H21N3O6S. The Morgan fingerprint density at radius 2 is 1.66 bits per heavy atom. The number of carbonyl (C=O) groups excluding carboxylic acids is 3. The molecule has 0 bridgehead atoms. The number of hydrazine groups is 1. The van der Waals surface area contributed by atoms with Gasteiger partial charge >= 0.3 is 5.97 Å². The number of esters is 1. The van der Waals surface area contributed by atoms with Gasteiger partial charge in [0.15, 0.2) is 6.61 Å². The summed E-state index contributed by atoms with van der Waals surface area (Å²) in [5, 5.41) is 0. The molecule has 0 fully saturated rings. The molecule has 2 rings (SSSR count). The zero-order chi connectivity index (χ0) is 21.4. The van der Waals surface area contributed by atoms with Gasteiger partial charge in [0.2, 0.25) is 10.0 Å². The van der Waals surface area contributed by atoms with E-state index < -0.39 is 34.4 Å². The van der Waals surface area contributed by atoms with Crippen molar-refractivity contribution in [3.05, 3.63) is 65.2 Å². The van der Waals surface area contributed by atoms with Crippen molar-refractivity contribution in [2.24, 2.45) is 0 Å². The Hall–Kier alpha value is -3.24. The van der Waals surface area contributed by atoms with Crippen LogP contribution in [0.1, 0.15) is 33.2 Å². The van der Waals surface area contributed by atoms with Gasteiger partial charge in [-0.15, -0.1) is 0 Å². The molecule has 0 spiro atoms. The minimum Gasteiger partial charge on any atom is -0.452 e. The van der Waals surface area contributed by atoms with Crippen molar-refractivity contribution in [1.82, 2.24) is 15.6 Å². The van der Waals surface area contributed by atoms with Gasteiger partial charge in [-0.05, 0) is 37.3 Å². The first kappa shape index (κ1) is 22.1. The van der Waals surface area contributed by atoms with E-state index in [-0.39, 0.29) is 17.0 Å². The molecule has 0 aliphatic rings. The molecule has 29 heavy (non-hydrogen) atoms. The van der Waals surface area contributed by atoms with E-state index in [0.717, 1.165) is 11.6 Å². The number of hydrogen-bond acceptors (Lipinski definition) is 6. The van der Waals surface area contributed by atoms with Crippen LogP contribution in [0.4, 0.5) is 0 Å². The van der Waals surface area contributed by atoms with Crippen LogP contribution in [-0.4, -0.2) is 39.4 Å². The van der Waals surface area contributed by atoms with E-state index in [0.29, 0.717) is 5.56 Å². The van der Waals surface area contributed by atoms with Gasteiger partial charge in [0.05, 0.1) is 10.5 Å². The van der Waals surface area contributed by atoms with Crippen molar-refractivity contribution in [2.75, 3.05) is 13.2 Å². The number of sulfonamides is 1. The molecule has 3 N–H and O–H groups in total. The van der Waals surface area contributed by atoms with E-state index in [4.69, 9.17) is 4.74 Å². The van der Waals surface area contributed by atoms with Crippen molar-refractivity contribution in [1.29, 1.82) is 0 Å². The zero-order valence-corrected chi connectivity index (χ0v) is 16.7. The molecule has 2 aromatic rings. The molecule has 0 aliphatic heterocycles. The summed E-state index contributed by atoms with van der Waals surface area (Å²) in [6, 6.07) is 12.0. The Balaban J connectivity index is 1.88. The Labute approximate surface area is 168 Å². The number of amides is 2. The lowest BCUT2D eigenvalue weighted by molar-refractivity contribution is -0.125. The summed E-state index contributed by atoms with van der Waals surface area (Å²) in [6.45, 7) is 3.05. The van der Waals surface area contributed by atoms with Gasteiger partial charge in [-0.1, -0.05) is 30.7 Å². The molecule has 2 aromatic carbocycles. The fourth-order valence-electron chi connectivity index (χ4n) is 2.22. The second-order valence-corrected chi connectivity index (χ2v) is 7.74. The van der Waals surface area contributed by atoms with Crippen molar-refractivity contribution < 1.29 is 27.5 Å². The summed E-state index contributed by atoms with van der Waals surface area (Å²) >= 11 is 0. The lowest BCUT2D eigenvalue weighted by Crippen LogP contribution is -2.43. The van der Waals surface area contributed by atoms with Gasteiger partial charge in [0.1, 0.15) is 0 Å². The second kappa shape index (κ2) is 9.80. The van der Waals surface area contributed by atoms with Crippen molar-refractivity contribution >= 4 is 27.8 Å². The normalized spacial score (nSPS) is 10.8. The molecule has 154 valence electrons. The quantitative estimate of drug-likeness (QED) is 0.452. The molecule has 0 heterocycles. The third kappa shape index (κ3) is 6.40. The van der Waals surface area contributed by atoms with Gasteiger partial charge in [0, 0.05) is 12.1 Å². The van der Waals surface area contributed by atoms with E-state index in [1.54, 1.807) is 31.2 Å². The average molecular weight is 419 g/mol. The van der Waals surface area contributed by atoms with Crippen LogP contribution in [0.5, 0.6) is 0 Å². The van der Waals surface area contributed by atoms with Crippen LogP contribution >= 0.6 is 0 Å². The largest absolute Gasteiger partial charge is 0.452 e. The number of rotatable bonds is 7. The highest BCUT2D eigenvalue weighted by Crippen LogP contribution is 2.12. The molecule has 0 aliphatic carbocycles. The minimum absolute atomic E-state index is 0.0273. The average Bonchev–Trinajstić information content (AvgIpc) is 2.70. The predicted octanol–water partition coefficient (Wildman–Crippen LogP) is 0.911. The van der Waals surface area contributed by atoms with Crippen molar-refractivity contribution in [3.63, 3.8) is 0 Å². The summed E-state index contributed by atoms with van der Waals surface area (Å²) in [4.78, 5) is 35.7. The third-order valence-electron chi connectivity index (χ3n) is 3.68. The standard InChI is InChI=1S/C19H21N3O6S/c1-3-20-29(26,27)16-6-4-5-15(11-16)19(25)28-12-17(23)21-22-18(24)14-9-7-13(2)8-10-14/h4-11,20H,3,12H2,1-2H3,(H,21,23)(H,22,24). The molecule has 0 unspecified atom stereocenters. The summed E-state index contributed by atoms with van der Waals surface area (Å²) in [5.41, 5.74) is 5.65. The second-order valence-electron chi connectivity index (χ2n) is 5.97. The van der Waals surface area contributed by atoms with Crippen LogP contribution in [0.15, 0.2) is 53.4 Å². The summed E-state index contributed by atoms with van der Waals surface area (Å²) in [7, 11) is -3.73. The molecule has 0 atom stereocenters. The predicted molar refractivity (Wildman–Crippen MR) is 104 cm³/mol. The van der Waals surface area contributed by atoms with Crippen LogP contribution < -0.4 is 15.6 Å². The Morgan fingerprint density at radius 1 is 0.966 bits per heavy atom. The van der Waals surface area contributed by atoms with Gasteiger partial charge in [-0.3, -0.25) is 20.4 Å². The van der Waals surface area contributed by atoms with Gasteiger partial charge in [0.25, 0.3) is 11.8 Å². The molecular weight excluding hydrogens is 398 g/mol. The van der Waals surface area contributed by atoms with Gasteiger partial charge in [-0.2, -0.15) is 0 Å². The summed E-state index contributed by atoms with van der Waals surface area (Å²) < 4.78 is 31.1. The Kier molecular flexibility index (Phi) is 7.46. The van der Waals surface area contributed by atoms with Crippen molar-refractivity contribution in [2.45, 2.75) is 18.7 Å². The van der Waals surface area contributed by atoms with Crippen LogP contribution in [0.2, 0.25) is 0 Å².